The lowest BCUT2D eigenvalue weighted by atomic mass is 9.91. The van der Waals surface area contributed by atoms with E-state index in [9.17, 15) is 0 Å². The van der Waals surface area contributed by atoms with Crippen LogP contribution < -0.4 is 0 Å². The van der Waals surface area contributed by atoms with E-state index in [2.05, 4.69) is 170 Å². The van der Waals surface area contributed by atoms with Gasteiger partial charge in [-0.3, -0.25) is 0 Å². The van der Waals surface area contributed by atoms with Crippen molar-refractivity contribution in [2.75, 3.05) is 0 Å². The van der Waals surface area contributed by atoms with E-state index in [0.717, 1.165) is 0 Å². The molecule has 0 amide bonds. The third-order valence-corrected chi connectivity index (χ3v) is 10.7. The van der Waals surface area contributed by atoms with E-state index < -0.39 is 0 Å². The fourth-order valence-corrected chi connectivity index (χ4v) is 8.46. The Labute approximate surface area is 272 Å². The maximum Gasteiger partial charge on any atom is 0.0547 e. The third-order valence-electron chi connectivity index (χ3n) is 9.54. The van der Waals surface area contributed by atoms with Gasteiger partial charge in [0.05, 0.1) is 11.0 Å². The van der Waals surface area contributed by atoms with Crippen LogP contribution >= 0.6 is 11.3 Å². The van der Waals surface area contributed by atoms with E-state index in [1.807, 2.05) is 11.3 Å². The molecule has 2 heteroatoms. The lowest BCUT2D eigenvalue weighted by molar-refractivity contribution is 1.18. The zero-order valence-corrected chi connectivity index (χ0v) is 26.6. The fourth-order valence-electron chi connectivity index (χ4n) is 7.29. The normalized spacial score (nSPS) is 11.7. The van der Waals surface area contributed by atoms with Gasteiger partial charge < -0.3 is 4.57 Å². The summed E-state index contributed by atoms with van der Waals surface area (Å²) in [6.07, 6.45) is 0. The van der Waals surface area contributed by atoms with Gasteiger partial charge in [0, 0.05) is 36.6 Å². The topological polar surface area (TPSA) is 4.93 Å². The Morgan fingerprint density at radius 3 is 1.93 bits per heavy atom. The Kier molecular flexibility index (Phi) is 6.19. The van der Waals surface area contributed by atoms with E-state index in [1.54, 1.807) is 0 Å². The molecule has 46 heavy (non-hydrogen) atoms. The Bertz CT molecular complexity index is 2590. The van der Waals surface area contributed by atoms with Crippen LogP contribution in [0, 0.1) is 13.8 Å². The highest BCUT2D eigenvalue weighted by Gasteiger charge is 2.16. The summed E-state index contributed by atoms with van der Waals surface area (Å²) in [4.78, 5) is 0. The van der Waals surface area contributed by atoms with Crippen LogP contribution in [0.25, 0.3) is 81.0 Å². The van der Waals surface area contributed by atoms with Gasteiger partial charge in [-0.05, 0) is 101 Å². The van der Waals surface area contributed by atoms with Crippen molar-refractivity contribution in [3.8, 4) is 39.1 Å². The van der Waals surface area contributed by atoms with E-state index in [4.69, 9.17) is 0 Å². The van der Waals surface area contributed by atoms with E-state index >= 15 is 0 Å². The molecule has 0 fully saturated rings. The standard InChI is InChI=1S/C44H31NS/c1-28-25-31(17-20-35(28)36-22-24-43-44(29(36)2)38-15-9-10-16-42(38)46-43)33-18-21-37-39-26-32(30-11-5-3-6-12-30)19-23-40(39)45(41(37)27-33)34-13-7-4-8-14-34/h3-27H,1-2H3. The van der Waals surface area contributed by atoms with Crippen molar-refractivity contribution in [1.29, 1.82) is 0 Å². The van der Waals surface area contributed by atoms with Gasteiger partial charge in [-0.1, -0.05) is 109 Å². The molecular formula is C44H31NS. The molecule has 0 spiro atoms. The molecule has 0 bridgehead atoms. The average molecular weight is 606 g/mol. The first-order chi connectivity index (χ1) is 22.6. The second-order valence-corrected chi connectivity index (χ2v) is 13.3. The lowest BCUT2D eigenvalue weighted by Crippen LogP contribution is -1.93. The van der Waals surface area contributed by atoms with E-state index in [1.165, 1.54) is 92.2 Å². The molecule has 0 aliphatic carbocycles. The maximum absolute atomic E-state index is 2.41. The van der Waals surface area contributed by atoms with Crippen LogP contribution in [0.5, 0.6) is 0 Å². The first-order valence-electron chi connectivity index (χ1n) is 15.9. The molecule has 0 unspecified atom stereocenters. The zero-order valence-electron chi connectivity index (χ0n) is 25.8. The van der Waals surface area contributed by atoms with Crippen LogP contribution in [0.2, 0.25) is 0 Å². The molecule has 0 aliphatic rings. The highest BCUT2D eigenvalue weighted by atomic mass is 32.1. The molecule has 0 saturated heterocycles. The van der Waals surface area contributed by atoms with Crippen molar-refractivity contribution < 1.29 is 0 Å². The quantitative estimate of drug-likeness (QED) is 0.188. The van der Waals surface area contributed by atoms with Crippen LogP contribution in [0.4, 0.5) is 0 Å². The summed E-state index contributed by atoms with van der Waals surface area (Å²) < 4.78 is 5.12. The van der Waals surface area contributed by atoms with Crippen LogP contribution in [0.3, 0.4) is 0 Å². The van der Waals surface area contributed by atoms with Crippen molar-refractivity contribution in [2.24, 2.45) is 0 Å². The molecule has 9 aromatic rings. The molecule has 0 N–H and O–H groups in total. The highest BCUT2D eigenvalue weighted by Crippen LogP contribution is 2.41. The molecule has 218 valence electrons. The summed E-state index contributed by atoms with van der Waals surface area (Å²) in [5.74, 6) is 0. The van der Waals surface area contributed by atoms with E-state index in [0.29, 0.717) is 0 Å². The van der Waals surface area contributed by atoms with Gasteiger partial charge in [0.2, 0.25) is 0 Å². The molecule has 2 aromatic heterocycles. The van der Waals surface area contributed by atoms with Gasteiger partial charge in [0.25, 0.3) is 0 Å². The van der Waals surface area contributed by atoms with Crippen LogP contribution in [-0.4, -0.2) is 4.57 Å². The molecule has 1 nitrogen and oxygen atoms in total. The summed E-state index contributed by atoms with van der Waals surface area (Å²) >= 11 is 1.88. The van der Waals surface area contributed by atoms with Crippen LogP contribution in [0.1, 0.15) is 11.1 Å². The molecule has 0 radical (unpaired) electrons. The molecular weight excluding hydrogens is 575 g/mol. The van der Waals surface area contributed by atoms with Crippen molar-refractivity contribution >= 4 is 53.3 Å². The SMILES string of the molecule is Cc1cc(-c2ccc3c4cc(-c5ccccc5)ccc4n(-c4ccccc4)c3c2)ccc1-c1ccc2sc3ccccc3c2c1C. The fraction of sp³-hybridized carbons (Fsp3) is 0.0455. The Morgan fingerprint density at radius 2 is 1.11 bits per heavy atom. The summed E-state index contributed by atoms with van der Waals surface area (Å²) in [5.41, 5.74) is 13.8. The van der Waals surface area contributed by atoms with Crippen molar-refractivity contribution in [1.82, 2.24) is 4.57 Å². The molecule has 0 atom stereocenters. The highest BCUT2D eigenvalue weighted by molar-refractivity contribution is 7.25. The minimum absolute atomic E-state index is 1.17. The predicted octanol–water partition coefficient (Wildman–Crippen LogP) is 12.8. The number of para-hydroxylation sites is 1. The van der Waals surface area contributed by atoms with Crippen molar-refractivity contribution in [2.45, 2.75) is 13.8 Å². The summed E-state index contributed by atoms with van der Waals surface area (Å²) in [5, 5.41) is 5.27. The summed E-state index contributed by atoms with van der Waals surface area (Å²) in [6.45, 7) is 4.53. The first kappa shape index (κ1) is 26.9. The maximum atomic E-state index is 2.41. The van der Waals surface area contributed by atoms with Crippen LogP contribution in [-0.2, 0) is 0 Å². The lowest BCUT2D eigenvalue weighted by Gasteiger charge is -2.13. The van der Waals surface area contributed by atoms with Gasteiger partial charge in [-0.25, -0.2) is 0 Å². The molecule has 2 heterocycles. The minimum atomic E-state index is 1.17. The molecule has 0 saturated carbocycles. The zero-order chi connectivity index (χ0) is 30.8. The Morgan fingerprint density at radius 1 is 0.435 bits per heavy atom. The average Bonchev–Trinajstić information content (AvgIpc) is 3.65. The van der Waals surface area contributed by atoms with Gasteiger partial charge in [-0.15, -0.1) is 11.3 Å². The van der Waals surface area contributed by atoms with Gasteiger partial charge in [-0.2, -0.15) is 0 Å². The van der Waals surface area contributed by atoms with E-state index in [-0.39, 0.29) is 0 Å². The number of hydrogen-bond donors (Lipinski definition) is 0. The van der Waals surface area contributed by atoms with Crippen molar-refractivity contribution in [3.05, 3.63) is 163 Å². The minimum Gasteiger partial charge on any atom is -0.309 e. The number of benzene rings is 7. The second-order valence-electron chi connectivity index (χ2n) is 12.2. The summed E-state index contributed by atoms with van der Waals surface area (Å²) in [7, 11) is 0. The molecule has 0 aliphatic heterocycles. The van der Waals surface area contributed by atoms with Crippen LogP contribution in [0.15, 0.2) is 152 Å². The van der Waals surface area contributed by atoms with Gasteiger partial charge in [0.1, 0.15) is 0 Å². The van der Waals surface area contributed by atoms with Gasteiger partial charge >= 0.3 is 0 Å². The largest absolute Gasteiger partial charge is 0.309 e. The van der Waals surface area contributed by atoms with Gasteiger partial charge in [0.15, 0.2) is 0 Å². The second kappa shape index (κ2) is 10.6. The van der Waals surface area contributed by atoms with Crippen molar-refractivity contribution in [3.63, 3.8) is 0 Å². The summed E-state index contributed by atoms with van der Waals surface area (Å²) in [6, 6.07) is 55.6. The monoisotopic (exact) mass is 605 g/mol. The number of hydrogen-bond acceptors (Lipinski definition) is 1. The molecule has 7 aromatic carbocycles. The Balaban J connectivity index is 1.19. The smallest absolute Gasteiger partial charge is 0.0547 e. The third kappa shape index (κ3) is 4.22. The number of aryl methyl sites for hydroxylation is 2. The number of nitrogens with zero attached hydrogens (tertiary/aromatic N) is 1. The molecule has 9 rings (SSSR count). The number of rotatable bonds is 4. The number of thiophene rings is 1. The predicted molar refractivity (Wildman–Crippen MR) is 199 cm³/mol. The number of aromatic nitrogens is 1. The Hall–Kier alpha value is -5.44. The number of fused-ring (bicyclic) bond motifs is 6. The first-order valence-corrected chi connectivity index (χ1v) is 16.7.